The second-order valence-corrected chi connectivity index (χ2v) is 10.7. The molecule has 198 valence electrons. The molecular formula is C33H55NO. The van der Waals surface area contributed by atoms with Gasteiger partial charge in [0, 0.05) is 0 Å². The van der Waals surface area contributed by atoms with Gasteiger partial charge in [0.2, 0.25) is 0 Å². The normalized spacial score (nSPS) is 14.1. The van der Waals surface area contributed by atoms with E-state index in [0.717, 1.165) is 24.8 Å². The van der Waals surface area contributed by atoms with Gasteiger partial charge >= 0.3 is 0 Å². The number of rotatable bonds is 14. The largest absolute Gasteiger partial charge is 0.488 e. The summed E-state index contributed by atoms with van der Waals surface area (Å²) in [6.45, 7) is 23.1. The molecule has 3 unspecified atom stereocenters. The standard InChI is InChI=1S/C31H49NO.C2H6/c1-8-25(4)23-29(27-18-20-30(21-19-27)33-31(5,6)7)24-28(26-15-12-11-13-16-26)17-14-22-32(9-2)10-3;1-2/h11-13,15-16,18-21,25,28-29H,8-10,14,17,22-24H2,1-7H3;1-2H3. The topological polar surface area (TPSA) is 12.5 Å². The van der Waals surface area contributed by atoms with E-state index in [-0.39, 0.29) is 5.60 Å². The minimum Gasteiger partial charge on any atom is -0.488 e. The van der Waals surface area contributed by atoms with Crippen molar-refractivity contribution in [1.29, 1.82) is 0 Å². The van der Waals surface area contributed by atoms with Crippen molar-refractivity contribution in [3.63, 3.8) is 0 Å². The van der Waals surface area contributed by atoms with Crippen LogP contribution in [0.25, 0.3) is 0 Å². The van der Waals surface area contributed by atoms with Crippen molar-refractivity contribution in [1.82, 2.24) is 4.90 Å². The highest BCUT2D eigenvalue weighted by atomic mass is 16.5. The van der Waals surface area contributed by atoms with Crippen molar-refractivity contribution in [2.45, 2.75) is 112 Å². The van der Waals surface area contributed by atoms with Crippen LogP contribution in [0.1, 0.15) is 117 Å². The zero-order chi connectivity index (χ0) is 26.3. The minimum atomic E-state index is -0.166. The Morgan fingerprint density at radius 1 is 0.771 bits per heavy atom. The first kappa shape index (κ1) is 31.2. The van der Waals surface area contributed by atoms with Gasteiger partial charge < -0.3 is 9.64 Å². The molecular weight excluding hydrogens is 426 g/mol. The average Bonchev–Trinajstić information content (AvgIpc) is 2.86. The van der Waals surface area contributed by atoms with Crippen LogP contribution in [-0.2, 0) is 0 Å². The average molecular weight is 482 g/mol. The molecule has 0 saturated carbocycles. The third-order valence-corrected chi connectivity index (χ3v) is 6.92. The van der Waals surface area contributed by atoms with E-state index in [2.05, 4.69) is 108 Å². The van der Waals surface area contributed by atoms with Crippen molar-refractivity contribution in [2.24, 2.45) is 5.92 Å². The second-order valence-electron chi connectivity index (χ2n) is 10.7. The van der Waals surface area contributed by atoms with Crippen molar-refractivity contribution in [3.05, 3.63) is 65.7 Å². The first-order chi connectivity index (χ1) is 16.8. The SMILES string of the molecule is CC.CCC(C)CC(CC(CCCN(CC)CC)c1ccccc1)c1ccc(OC(C)(C)C)cc1. The highest BCUT2D eigenvalue weighted by molar-refractivity contribution is 5.31. The van der Waals surface area contributed by atoms with Crippen LogP contribution in [0.4, 0.5) is 0 Å². The maximum Gasteiger partial charge on any atom is 0.120 e. The van der Waals surface area contributed by atoms with Gasteiger partial charge in [0.1, 0.15) is 11.4 Å². The molecule has 3 atom stereocenters. The molecule has 0 aromatic heterocycles. The Balaban J connectivity index is 0.00000298. The zero-order valence-corrected chi connectivity index (χ0v) is 24.4. The van der Waals surface area contributed by atoms with Crippen LogP contribution in [0.2, 0.25) is 0 Å². The van der Waals surface area contributed by atoms with Crippen LogP contribution >= 0.6 is 0 Å². The van der Waals surface area contributed by atoms with Crippen LogP contribution in [0.5, 0.6) is 5.75 Å². The zero-order valence-electron chi connectivity index (χ0n) is 24.4. The Hall–Kier alpha value is -1.80. The van der Waals surface area contributed by atoms with Gasteiger partial charge in [-0.25, -0.2) is 0 Å². The van der Waals surface area contributed by atoms with Crippen LogP contribution < -0.4 is 4.74 Å². The number of hydrogen-bond donors (Lipinski definition) is 0. The summed E-state index contributed by atoms with van der Waals surface area (Å²) in [7, 11) is 0. The van der Waals surface area contributed by atoms with Gasteiger partial charge in [0.25, 0.3) is 0 Å². The lowest BCUT2D eigenvalue weighted by molar-refractivity contribution is 0.131. The molecule has 0 radical (unpaired) electrons. The third kappa shape index (κ3) is 12.1. The van der Waals surface area contributed by atoms with E-state index in [1.807, 2.05) is 13.8 Å². The van der Waals surface area contributed by atoms with E-state index in [4.69, 9.17) is 4.74 Å². The fourth-order valence-corrected chi connectivity index (χ4v) is 4.77. The maximum atomic E-state index is 6.08. The van der Waals surface area contributed by atoms with Crippen LogP contribution in [-0.4, -0.2) is 30.1 Å². The fraction of sp³-hybridized carbons (Fsp3) is 0.636. The van der Waals surface area contributed by atoms with Gasteiger partial charge in [-0.15, -0.1) is 0 Å². The molecule has 0 spiro atoms. The monoisotopic (exact) mass is 481 g/mol. The molecule has 0 aliphatic carbocycles. The summed E-state index contributed by atoms with van der Waals surface area (Å²) in [5.41, 5.74) is 2.79. The Labute approximate surface area is 218 Å². The Morgan fingerprint density at radius 3 is 1.86 bits per heavy atom. The molecule has 0 N–H and O–H groups in total. The van der Waals surface area contributed by atoms with Gasteiger partial charge in [-0.3, -0.25) is 0 Å². The van der Waals surface area contributed by atoms with Crippen molar-refractivity contribution in [3.8, 4) is 5.75 Å². The summed E-state index contributed by atoms with van der Waals surface area (Å²) in [6.07, 6.45) is 6.21. The Morgan fingerprint density at radius 2 is 1.34 bits per heavy atom. The molecule has 0 fully saturated rings. The maximum absolute atomic E-state index is 6.08. The summed E-state index contributed by atoms with van der Waals surface area (Å²) in [6, 6.07) is 20.2. The molecule has 2 nitrogen and oxygen atoms in total. The molecule has 35 heavy (non-hydrogen) atoms. The molecule has 0 heterocycles. The molecule has 2 heteroatoms. The van der Waals surface area contributed by atoms with E-state index < -0.39 is 0 Å². The molecule has 2 aromatic carbocycles. The second kappa shape index (κ2) is 16.8. The Kier molecular flexibility index (Phi) is 15.0. The smallest absolute Gasteiger partial charge is 0.120 e. The molecule has 0 saturated heterocycles. The molecule has 0 bridgehead atoms. The first-order valence-corrected chi connectivity index (χ1v) is 14.3. The van der Waals surface area contributed by atoms with E-state index in [1.54, 1.807) is 0 Å². The van der Waals surface area contributed by atoms with Crippen molar-refractivity contribution >= 4 is 0 Å². The quantitative estimate of drug-likeness (QED) is 0.266. The number of ether oxygens (including phenoxy) is 1. The van der Waals surface area contributed by atoms with Crippen LogP contribution in [0.3, 0.4) is 0 Å². The van der Waals surface area contributed by atoms with Gasteiger partial charge in [-0.1, -0.05) is 90.4 Å². The summed E-state index contributed by atoms with van der Waals surface area (Å²) in [4.78, 5) is 2.55. The van der Waals surface area contributed by atoms with Gasteiger partial charge in [-0.2, -0.15) is 0 Å². The summed E-state index contributed by atoms with van der Waals surface area (Å²) < 4.78 is 6.08. The molecule has 2 aromatic rings. The lowest BCUT2D eigenvalue weighted by Gasteiger charge is -2.28. The fourth-order valence-electron chi connectivity index (χ4n) is 4.77. The highest BCUT2D eigenvalue weighted by Crippen LogP contribution is 2.38. The summed E-state index contributed by atoms with van der Waals surface area (Å²) in [5.74, 6) is 2.86. The highest BCUT2D eigenvalue weighted by Gasteiger charge is 2.22. The lowest BCUT2D eigenvalue weighted by Crippen LogP contribution is -2.24. The lowest BCUT2D eigenvalue weighted by atomic mass is 9.78. The van der Waals surface area contributed by atoms with Crippen LogP contribution in [0, 0.1) is 5.92 Å². The predicted molar refractivity (Wildman–Crippen MR) is 156 cm³/mol. The van der Waals surface area contributed by atoms with E-state index in [9.17, 15) is 0 Å². The number of nitrogens with zero attached hydrogens (tertiary/aromatic N) is 1. The van der Waals surface area contributed by atoms with Crippen LogP contribution in [0.15, 0.2) is 54.6 Å². The summed E-state index contributed by atoms with van der Waals surface area (Å²) >= 11 is 0. The summed E-state index contributed by atoms with van der Waals surface area (Å²) in [5, 5.41) is 0. The van der Waals surface area contributed by atoms with Crippen molar-refractivity contribution in [2.75, 3.05) is 19.6 Å². The molecule has 0 aliphatic rings. The molecule has 0 aliphatic heterocycles. The predicted octanol–water partition coefficient (Wildman–Crippen LogP) is 9.71. The van der Waals surface area contributed by atoms with Gasteiger partial charge in [0.05, 0.1) is 0 Å². The van der Waals surface area contributed by atoms with Crippen molar-refractivity contribution < 1.29 is 4.74 Å². The molecule has 2 rings (SSSR count). The number of benzene rings is 2. The van der Waals surface area contributed by atoms with E-state index >= 15 is 0 Å². The van der Waals surface area contributed by atoms with E-state index in [0.29, 0.717) is 11.8 Å². The first-order valence-electron chi connectivity index (χ1n) is 14.3. The van der Waals surface area contributed by atoms with Gasteiger partial charge in [-0.05, 0) is 107 Å². The third-order valence-electron chi connectivity index (χ3n) is 6.92. The number of hydrogen-bond acceptors (Lipinski definition) is 2. The molecule has 0 amide bonds. The Bertz CT molecular complexity index is 758. The van der Waals surface area contributed by atoms with E-state index in [1.165, 1.54) is 49.8 Å². The van der Waals surface area contributed by atoms with Gasteiger partial charge in [0.15, 0.2) is 0 Å². The minimum absolute atomic E-state index is 0.166.